The van der Waals surface area contributed by atoms with E-state index in [9.17, 15) is 0 Å². The first kappa shape index (κ1) is 10.6. The van der Waals surface area contributed by atoms with E-state index in [4.69, 9.17) is 16.2 Å². The Bertz CT molecular complexity index is 283. The standard InChI is InChI=1S/C12H20N2O/c13-9-4-6-11(7-5-9)15-12-3-1-2-10(14)8-12/h3-4,10-11H,1-2,5-8,13-14H2. The zero-order chi connectivity index (χ0) is 10.7. The van der Waals surface area contributed by atoms with E-state index >= 15 is 0 Å². The number of hydrogen-bond acceptors (Lipinski definition) is 3. The third kappa shape index (κ3) is 2.99. The summed E-state index contributed by atoms with van der Waals surface area (Å²) in [7, 11) is 0. The minimum atomic E-state index is 0.286. The first-order valence-electron chi connectivity index (χ1n) is 5.80. The second-order valence-electron chi connectivity index (χ2n) is 4.51. The lowest BCUT2D eigenvalue weighted by molar-refractivity contribution is 0.0941. The minimum absolute atomic E-state index is 0.286. The molecule has 2 rings (SSSR count). The molecule has 0 bridgehead atoms. The van der Waals surface area contributed by atoms with Crippen molar-refractivity contribution in [2.75, 3.05) is 0 Å². The van der Waals surface area contributed by atoms with Gasteiger partial charge in [0.15, 0.2) is 0 Å². The minimum Gasteiger partial charge on any atom is -0.495 e. The van der Waals surface area contributed by atoms with Crippen LogP contribution in [-0.4, -0.2) is 12.1 Å². The van der Waals surface area contributed by atoms with E-state index in [1.54, 1.807) is 0 Å². The summed E-state index contributed by atoms with van der Waals surface area (Å²) in [5.74, 6) is 1.09. The molecule has 0 spiro atoms. The summed E-state index contributed by atoms with van der Waals surface area (Å²) in [4.78, 5) is 0. The van der Waals surface area contributed by atoms with Crippen LogP contribution in [0.5, 0.6) is 0 Å². The zero-order valence-corrected chi connectivity index (χ0v) is 9.11. The molecule has 3 heteroatoms. The summed E-state index contributed by atoms with van der Waals surface area (Å²) in [6.07, 6.45) is 10.6. The van der Waals surface area contributed by atoms with E-state index in [0.29, 0.717) is 6.10 Å². The Labute approximate surface area is 91.2 Å². The maximum Gasteiger partial charge on any atom is 0.102 e. The molecule has 0 aromatic rings. The van der Waals surface area contributed by atoms with E-state index in [1.807, 2.05) is 0 Å². The largest absolute Gasteiger partial charge is 0.495 e. The average molecular weight is 208 g/mol. The summed E-state index contributed by atoms with van der Waals surface area (Å²) >= 11 is 0. The highest BCUT2D eigenvalue weighted by atomic mass is 16.5. The highest BCUT2D eigenvalue weighted by Gasteiger charge is 2.18. The van der Waals surface area contributed by atoms with Gasteiger partial charge in [0.05, 0.1) is 5.76 Å². The van der Waals surface area contributed by atoms with E-state index in [0.717, 1.165) is 50.0 Å². The number of hydrogen-bond donors (Lipinski definition) is 2. The molecular weight excluding hydrogens is 188 g/mol. The Balaban J connectivity index is 1.84. The van der Waals surface area contributed by atoms with Crippen LogP contribution in [-0.2, 0) is 4.74 Å². The van der Waals surface area contributed by atoms with Gasteiger partial charge in [0, 0.05) is 24.6 Å². The van der Waals surface area contributed by atoms with E-state index in [-0.39, 0.29) is 6.04 Å². The van der Waals surface area contributed by atoms with Gasteiger partial charge in [-0.05, 0) is 31.8 Å². The van der Waals surface area contributed by atoms with Gasteiger partial charge in [-0.2, -0.15) is 0 Å². The van der Waals surface area contributed by atoms with Gasteiger partial charge in [0.1, 0.15) is 6.10 Å². The lowest BCUT2D eigenvalue weighted by atomic mass is 9.99. The molecule has 0 aromatic heterocycles. The van der Waals surface area contributed by atoms with Gasteiger partial charge in [-0.15, -0.1) is 0 Å². The number of rotatable bonds is 2. The smallest absolute Gasteiger partial charge is 0.102 e. The van der Waals surface area contributed by atoms with Crippen molar-refractivity contribution < 1.29 is 4.74 Å². The molecule has 2 aliphatic carbocycles. The van der Waals surface area contributed by atoms with Crippen LogP contribution in [0.25, 0.3) is 0 Å². The van der Waals surface area contributed by atoms with Crippen LogP contribution < -0.4 is 11.5 Å². The molecule has 0 radical (unpaired) electrons. The molecule has 0 aliphatic heterocycles. The Hall–Kier alpha value is -0.960. The molecule has 84 valence electrons. The lowest BCUT2D eigenvalue weighted by Gasteiger charge is -2.26. The summed E-state index contributed by atoms with van der Waals surface area (Å²) < 4.78 is 5.93. The third-order valence-corrected chi connectivity index (χ3v) is 3.09. The normalized spacial score (nSPS) is 31.8. The van der Waals surface area contributed by atoms with Crippen LogP contribution >= 0.6 is 0 Å². The van der Waals surface area contributed by atoms with Crippen molar-refractivity contribution >= 4 is 0 Å². The van der Waals surface area contributed by atoms with Crippen LogP contribution in [0.1, 0.15) is 38.5 Å². The maximum atomic E-state index is 5.93. The Morgan fingerprint density at radius 2 is 2.13 bits per heavy atom. The predicted molar refractivity (Wildman–Crippen MR) is 60.9 cm³/mol. The summed E-state index contributed by atoms with van der Waals surface area (Å²) in [5, 5.41) is 0. The van der Waals surface area contributed by atoms with Crippen LogP contribution in [0.15, 0.2) is 23.6 Å². The van der Waals surface area contributed by atoms with Crippen LogP contribution in [0.2, 0.25) is 0 Å². The molecule has 2 aliphatic rings. The van der Waals surface area contributed by atoms with Crippen molar-refractivity contribution in [3.8, 4) is 0 Å². The van der Waals surface area contributed by atoms with Gasteiger partial charge in [0.25, 0.3) is 0 Å². The molecular formula is C12H20N2O. The maximum absolute atomic E-state index is 5.93. The van der Waals surface area contributed by atoms with Crippen molar-refractivity contribution in [1.82, 2.24) is 0 Å². The van der Waals surface area contributed by atoms with Gasteiger partial charge in [-0.25, -0.2) is 0 Å². The topological polar surface area (TPSA) is 61.3 Å². The SMILES string of the molecule is NC1=CCC(OC2=CCCC(N)C2)CC1. The molecule has 0 aromatic carbocycles. The highest BCUT2D eigenvalue weighted by Crippen LogP contribution is 2.24. The van der Waals surface area contributed by atoms with Gasteiger partial charge in [0.2, 0.25) is 0 Å². The second kappa shape index (κ2) is 4.71. The van der Waals surface area contributed by atoms with Gasteiger partial charge in [-0.1, -0.05) is 6.08 Å². The molecule has 2 unspecified atom stereocenters. The van der Waals surface area contributed by atoms with Crippen LogP contribution in [0.3, 0.4) is 0 Å². The van der Waals surface area contributed by atoms with Gasteiger partial charge < -0.3 is 16.2 Å². The molecule has 0 heterocycles. The molecule has 3 nitrogen and oxygen atoms in total. The van der Waals surface area contributed by atoms with Crippen molar-refractivity contribution in [2.45, 2.75) is 50.7 Å². The van der Waals surface area contributed by atoms with E-state index < -0.39 is 0 Å². The third-order valence-electron chi connectivity index (χ3n) is 3.09. The van der Waals surface area contributed by atoms with Crippen molar-refractivity contribution in [2.24, 2.45) is 11.5 Å². The first-order valence-corrected chi connectivity index (χ1v) is 5.80. The van der Waals surface area contributed by atoms with Crippen molar-refractivity contribution in [3.05, 3.63) is 23.6 Å². The Morgan fingerprint density at radius 3 is 2.80 bits per heavy atom. The van der Waals surface area contributed by atoms with Gasteiger partial charge >= 0.3 is 0 Å². The van der Waals surface area contributed by atoms with Crippen molar-refractivity contribution in [3.63, 3.8) is 0 Å². The second-order valence-corrected chi connectivity index (χ2v) is 4.51. The molecule has 4 N–H and O–H groups in total. The fourth-order valence-electron chi connectivity index (χ4n) is 2.15. The van der Waals surface area contributed by atoms with Gasteiger partial charge in [-0.3, -0.25) is 0 Å². The number of nitrogens with two attached hydrogens (primary N) is 2. The molecule has 0 amide bonds. The summed E-state index contributed by atoms with van der Waals surface area (Å²) in [5.41, 5.74) is 12.6. The predicted octanol–water partition coefficient (Wildman–Crippen LogP) is 1.79. The van der Waals surface area contributed by atoms with Crippen molar-refractivity contribution in [1.29, 1.82) is 0 Å². The highest BCUT2D eigenvalue weighted by molar-refractivity contribution is 5.05. The molecule has 0 saturated carbocycles. The first-order chi connectivity index (χ1) is 7.24. The summed E-state index contributed by atoms with van der Waals surface area (Å²) in [6.45, 7) is 0. The van der Waals surface area contributed by atoms with E-state index in [1.165, 1.54) is 0 Å². The zero-order valence-electron chi connectivity index (χ0n) is 9.11. The fourth-order valence-corrected chi connectivity index (χ4v) is 2.15. The Morgan fingerprint density at radius 1 is 1.27 bits per heavy atom. The molecule has 2 atom stereocenters. The number of ether oxygens (including phenoxy) is 1. The molecule has 0 saturated heterocycles. The van der Waals surface area contributed by atoms with E-state index in [2.05, 4.69) is 12.2 Å². The Kier molecular flexibility index (Phi) is 3.31. The number of allylic oxidation sites excluding steroid dienone is 2. The summed E-state index contributed by atoms with van der Waals surface area (Å²) in [6, 6.07) is 0.286. The molecule has 0 fully saturated rings. The lowest BCUT2D eigenvalue weighted by Crippen LogP contribution is -2.26. The monoisotopic (exact) mass is 208 g/mol. The fraction of sp³-hybridized carbons (Fsp3) is 0.667. The van der Waals surface area contributed by atoms with Crippen LogP contribution in [0.4, 0.5) is 0 Å². The molecule has 15 heavy (non-hydrogen) atoms. The van der Waals surface area contributed by atoms with Crippen LogP contribution in [0, 0.1) is 0 Å². The quantitative estimate of drug-likeness (QED) is 0.727. The average Bonchev–Trinajstić information content (AvgIpc) is 2.22.